The number of amides is 1. The number of para-hydroxylation sites is 1. The van der Waals surface area contributed by atoms with Gasteiger partial charge in [-0.2, -0.15) is 4.68 Å². The molecule has 6 heteroatoms. The van der Waals surface area contributed by atoms with Crippen LogP contribution in [-0.4, -0.2) is 28.3 Å². The number of carbonyl (C=O) groups excluding carboxylic acids is 1. The highest BCUT2D eigenvalue weighted by atomic mass is 16.5. The van der Waals surface area contributed by atoms with Crippen LogP contribution in [0.4, 0.5) is 0 Å². The smallest absolute Gasteiger partial charge is 0.271 e. The zero-order chi connectivity index (χ0) is 14.7. The fourth-order valence-corrected chi connectivity index (χ4v) is 1.86. The molecular weight excluding hydrogens is 270 g/mol. The first-order chi connectivity index (χ1) is 10.2. The van der Waals surface area contributed by atoms with Crippen molar-refractivity contribution in [3.05, 3.63) is 52.8 Å². The highest BCUT2D eigenvalue weighted by Gasteiger charge is 2.23. The molecule has 1 saturated carbocycles. The minimum absolute atomic E-state index is 0.101. The van der Waals surface area contributed by atoms with Crippen molar-refractivity contribution in [2.75, 3.05) is 6.61 Å². The molecule has 108 valence electrons. The third kappa shape index (κ3) is 3.47. The Morgan fingerprint density at radius 2 is 2.00 bits per heavy atom. The Bertz CT molecular complexity index is 693. The molecule has 3 rings (SSSR count). The maximum atomic E-state index is 11.8. The average molecular weight is 285 g/mol. The third-order valence-electron chi connectivity index (χ3n) is 3.07. The van der Waals surface area contributed by atoms with Gasteiger partial charge in [-0.05, 0) is 25.0 Å². The van der Waals surface area contributed by atoms with E-state index in [1.54, 1.807) is 12.1 Å². The summed E-state index contributed by atoms with van der Waals surface area (Å²) in [6.45, 7) is -0.101. The summed E-state index contributed by atoms with van der Waals surface area (Å²) >= 11 is 0. The maximum Gasteiger partial charge on any atom is 0.271 e. The topological polar surface area (TPSA) is 73.2 Å². The van der Waals surface area contributed by atoms with Crippen LogP contribution in [0.15, 0.2) is 47.3 Å². The predicted octanol–water partition coefficient (Wildman–Crippen LogP) is 0.890. The lowest BCUT2D eigenvalue weighted by molar-refractivity contribution is -0.123. The van der Waals surface area contributed by atoms with Crippen LogP contribution in [0.1, 0.15) is 12.8 Å². The molecule has 0 aliphatic heterocycles. The van der Waals surface area contributed by atoms with Crippen LogP contribution in [0.2, 0.25) is 0 Å². The summed E-state index contributed by atoms with van der Waals surface area (Å²) in [5.41, 5.74) is 0.395. The first-order valence-corrected chi connectivity index (χ1v) is 6.80. The molecule has 1 aromatic heterocycles. The first-order valence-electron chi connectivity index (χ1n) is 6.80. The van der Waals surface area contributed by atoms with Crippen LogP contribution in [-0.2, 0) is 4.79 Å². The molecule has 0 radical (unpaired) electrons. The van der Waals surface area contributed by atoms with Crippen LogP contribution < -0.4 is 15.6 Å². The molecule has 0 spiro atoms. The molecule has 1 aliphatic rings. The van der Waals surface area contributed by atoms with E-state index in [-0.39, 0.29) is 24.0 Å². The zero-order valence-electron chi connectivity index (χ0n) is 11.4. The zero-order valence-corrected chi connectivity index (χ0v) is 11.4. The Morgan fingerprint density at radius 3 is 2.71 bits per heavy atom. The highest BCUT2D eigenvalue weighted by Crippen LogP contribution is 2.18. The van der Waals surface area contributed by atoms with Gasteiger partial charge in [-0.3, -0.25) is 9.59 Å². The van der Waals surface area contributed by atoms with E-state index in [0.717, 1.165) is 12.8 Å². The van der Waals surface area contributed by atoms with Gasteiger partial charge >= 0.3 is 0 Å². The van der Waals surface area contributed by atoms with Gasteiger partial charge in [-0.15, -0.1) is 5.10 Å². The second-order valence-corrected chi connectivity index (χ2v) is 4.89. The molecule has 21 heavy (non-hydrogen) atoms. The van der Waals surface area contributed by atoms with E-state index >= 15 is 0 Å². The SMILES string of the molecule is O=C(COc1ccc(=O)n(-c2ccccc2)n1)NC1CC1. The van der Waals surface area contributed by atoms with Crippen LogP contribution >= 0.6 is 0 Å². The largest absolute Gasteiger partial charge is 0.467 e. The van der Waals surface area contributed by atoms with Crippen LogP contribution in [0.3, 0.4) is 0 Å². The number of nitrogens with zero attached hydrogens (tertiary/aromatic N) is 2. The summed E-state index contributed by atoms with van der Waals surface area (Å²) in [5.74, 6) is 0.0705. The van der Waals surface area contributed by atoms with E-state index in [2.05, 4.69) is 10.4 Å². The molecule has 2 aromatic rings. The molecular formula is C15H15N3O3. The van der Waals surface area contributed by atoms with Crippen molar-refractivity contribution in [1.82, 2.24) is 15.1 Å². The van der Waals surface area contributed by atoms with E-state index in [0.29, 0.717) is 11.7 Å². The minimum Gasteiger partial charge on any atom is -0.467 e. The van der Waals surface area contributed by atoms with Crippen molar-refractivity contribution in [2.45, 2.75) is 18.9 Å². The van der Waals surface area contributed by atoms with Gasteiger partial charge in [0.15, 0.2) is 6.61 Å². The number of benzene rings is 1. The molecule has 1 aromatic carbocycles. The molecule has 1 aliphatic carbocycles. The summed E-state index contributed by atoms with van der Waals surface area (Å²) < 4.78 is 6.57. The Kier molecular flexibility index (Phi) is 3.68. The fourth-order valence-electron chi connectivity index (χ4n) is 1.86. The Labute approximate surface area is 121 Å². The summed E-state index contributed by atoms with van der Waals surface area (Å²) in [4.78, 5) is 23.4. The summed E-state index contributed by atoms with van der Waals surface area (Å²) in [5, 5.41) is 6.93. The average Bonchev–Trinajstić information content (AvgIpc) is 3.31. The van der Waals surface area contributed by atoms with Crippen LogP contribution in [0.5, 0.6) is 5.88 Å². The second-order valence-electron chi connectivity index (χ2n) is 4.89. The lowest BCUT2D eigenvalue weighted by Crippen LogP contribution is -2.31. The molecule has 1 N–H and O–H groups in total. The van der Waals surface area contributed by atoms with Gasteiger partial charge < -0.3 is 10.1 Å². The van der Waals surface area contributed by atoms with Crippen molar-refractivity contribution < 1.29 is 9.53 Å². The highest BCUT2D eigenvalue weighted by molar-refractivity contribution is 5.78. The van der Waals surface area contributed by atoms with Crippen molar-refractivity contribution >= 4 is 5.91 Å². The fraction of sp³-hybridized carbons (Fsp3) is 0.267. The predicted molar refractivity (Wildman–Crippen MR) is 76.5 cm³/mol. The number of hydrogen-bond acceptors (Lipinski definition) is 4. The standard InChI is InChI=1S/C15H15N3O3/c19-13(16-11-6-7-11)10-21-14-8-9-15(20)18(17-14)12-4-2-1-3-5-12/h1-5,8-9,11H,6-7,10H2,(H,16,19). The number of hydrogen-bond donors (Lipinski definition) is 1. The van der Waals surface area contributed by atoms with E-state index in [1.807, 2.05) is 18.2 Å². The molecule has 0 atom stereocenters. The number of rotatable bonds is 5. The summed E-state index contributed by atoms with van der Waals surface area (Å²) in [7, 11) is 0. The lowest BCUT2D eigenvalue weighted by Gasteiger charge is -2.08. The molecule has 0 saturated heterocycles. The number of carbonyl (C=O) groups is 1. The van der Waals surface area contributed by atoms with E-state index < -0.39 is 0 Å². The number of nitrogens with one attached hydrogen (secondary N) is 1. The van der Waals surface area contributed by atoms with Gasteiger partial charge in [0.05, 0.1) is 5.69 Å². The molecule has 6 nitrogen and oxygen atoms in total. The molecule has 1 fully saturated rings. The molecule has 1 heterocycles. The van der Waals surface area contributed by atoms with E-state index in [9.17, 15) is 9.59 Å². The monoisotopic (exact) mass is 285 g/mol. The van der Waals surface area contributed by atoms with Gasteiger partial charge in [0, 0.05) is 18.2 Å². The first kappa shape index (κ1) is 13.4. The van der Waals surface area contributed by atoms with E-state index in [1.165, 1.54) is 16.8 Å². The van der Waals surface area contributed by atoms with Gasteiger partial charge in [0.2, 0.25) is 5.88 Å². The van der Waals surface area contributed by atoms with Crippen LogP contribution in [0.25, 0.3) is 5.69 Å². The maximum absolute atomic E-state index is 11.8. The molecule has 1 amide bonds. The lowest BCUT2D eigenvalue weighted by atomic mass is 10.3. The van der Waals surface area contributed by atoms with Crippen molar-refractivity contribution in [2.24, 2.45) is 0 Å². The Hall–Kier alpha value is -2.63. The van der Waals surface area contributed by atoms with Gasteiger partial charge in [-0.25, -0.2) is 0 Å². The number of ether oxygens (including phenoxy) is 1. The van der Waals surface area contributed by atoms with E-state index in [4.69, 9.17) is 4.74 Å². The second kappa shape index (κ2) is 5.78. The van der Waals surface area contributed by atoms with Gasteiger partial charge in [0.25, 0.3) is 11.5 Å². The van der Waals surface area contributed by atoms with Crippen molar-refractivity contribution in [1.29, 1.82) is 0 Å². The molecule has 0 bridgehead atoms. The summed E-state index contributed by atoms with van der Waals surface area (Å²) in [6.07, 6.45) is 2.06. The van der Waals surface area contributed by atoms with Gasteiger partial charge in [0.1, 0.15) is 0 Å². The normalized spacial score (nSPS) is 13.7. The molecule has 0 unspecified atom stereocenters. The van der Waals surface area contributed by atoms with Gasteiger partial charge in [-0.1, -0.05) is 18.2 Å². The van der Waals surface area contributed by atoms with Crippen molar-refractivity contribution in [3.8, 4) is 11.6 Å². The quantitative estimate of drug-likeness (QED) is 0.885. The third-order valence-corrected chi connectivity index (χ3v) is 3.07. The Balaban J connectivity index is 1.71. The van der Waals surface area contributed by atoms with Crippen LogP contribution in [0, 0.1) is 0 Å². The summed E-state index contributed by atoms with van der Waals surface area (Å²) in [6, 6.07) is 12.2. The van der Waals surface area contributed by atoms with Crippen molar-refractivity contribution in [3.63, 3.8) is 0 Å². The minimum atomic E-state index is -0.254. The Morgan fingerprint density at radius 1 is 1.24 bits per heavy atom. The number of aromatic nitrogens is 2.